The Kier molecular flexibility index (Phi) is 5.83. The summed E-state index contributed by atoms with van der Waals surface area (Å²) >= 11 is 12.2. The summed E-state index contributed by atoms with van der Waals surface area (Å²) in [4.78, 5) is 26.2. The molecule has 25 heavy (non-hydrogen) atoms. The van der Waals surface area contributed by atoms with E-state index in [4.69, 9.17) is 23.2 Å². The van der Waals surface area contributed by atoms with Crippen LogP contribution in [0.4, 0.5) is 0 Å². The van der Waals surface area contributed by atoms with E-state index in [-0.39, 0.29) is 15.6 Å². The van der Waals surface area contributed by atoms with Gasteiger partial charge in [0, 0.05) is 5.56 Å². The van der Waals surface area contributed by atoms with Crippen LogP contribution in [0.15, 0.2) is 30.3 Å². The average Bonchev–Trinajstić information content (AvgIpc) is 2.52. The van der Waals surface area contributed by atoms with Crippen molar-refractivity contribution in [3.05, 3.63) is 68.2 Å². The lowest BCUT2D eigenvalue weighted by molar-refractivity contribution is 0.0844. The monoisotopic (exact) mass is 394 g/mol. The van der Waals surface area contributed by atoms with E-state index < -0.39 is 25.2 Å². The quantitative estimate of drug-likeness (QED) is 0.353. The lowest BCUT2D eigenvalue weighted by Gasteiger charge is -2.22. The molecule has 2 aromatic carbocycles. The van der Waals surface area contributed by atoms with Crippen molar-refractivity contribution >= 4 is 43.2 Å². The first kappa shape index (κ1) is 19.8. The molecule has 6 heteroatoms. The molecule has 0 fully saturated rings. The van der Waals surface area contributed by atoms with Crippen LogP contribution in [0, 0.1) is 20.8 Å². The summed E-state index contributed by atoms with van der Waals surface area (Å²) in [6, 6.07) is 8.33. The smallest absolute Gasteiger partial charge is 0.191 e. The number of hydrogen-bond acceptors (Lipinski definition) is 3. The van der Waals surface area contributed by atoms with Gasteiger partial charge < -0.3 is 0 Å². The van der Waals surface area contributed by atoms with Crippen molar-refractivity contribution in [3.8, 4) is 0 Å². The van der Waals surface area contributed by atoms with Gasteiger partial charge in [-0.25, -0.2) is 0 Å². The summed E-state index contributed by atoms with van der Waals surface area (Å²) in [5.74, 6) is -1.18. The van der Waals surface area contributed by atoms with Crippen molar-refractivity contribution in [1.82, 2.24) is 0 Å². The highest BCUT2D eigenvalue weighted by Crippen LogP contribution is 2.37. The van der Waals surface area contributed by atoms with Gasteiger partial charge in [-0.2, -0.15) is 0 Å². The molecule has 0 heterocycles. The molecular weight excluding hydrogens is 378 g/mol. The first-order valence-electron chi connectivity index (χ1n) is 7.59. The number of hydrogen-bond donors (Lipinski definition) is 0. The summed E-state index contributed by atoms with van der Waals surface area (Å²) in [5, 5.41) is -1.56. The number of carbonyl (C=O) groups is 2. The van der Waals surface area contributed by atoms with E-state index >= 15 is 0 Å². The summed E-state index contributed by atoms with van der Waals surface area (Å²) in [6.07, 6.45) is 0. The molecule has 2 rings (SSSR count). The number of aryl methyl sites for hydroxylation is 3. The van der Waals surface area contributed by atoms with Gasteiger partial charge in [-0.05, 0) is 51.0 Å². The third-order valence-electron chi connectivity index (χ3n) is 4.16. The second-order valence-corrected chi connectivity index (χ2v) is 8.08. The van der Waals surface area contributed by atoms with Gasteiger partial charge in [-0.1, -0.05) is 47.0 Å². The average molecular weight is 395 g/mol. The number of benzene rings is 2. The normalized spacial score (nSPS) is 13.5. The van der Waals surface area contributed by atoms with Gasteiger partial charge in [-0.15, -0.1) is 0 Å². The zero-order valence-corrected chi connectivity index (χ0v) is 16.7. The van der Waals surface area contributed by atoms with E-state index in [1.54, 1.807) is 19.9 Å². The summed E-state index contributed by atoms with van der Waals surface area (Å²) in [5.41, 5.74) is 2.87. The van der Waals surface area contributed by atoms with Gasteiger partial charge in [0.2, 0.25) is 0 Å². The fraction of sp³-hybridized carbons (Fsp3) is 0.263. The minimum Gasteiger partial charge on any atom is -0.292 e. The van der Waals surface area contributed by atoms with E-state index in [9.17, 15) is 14.2 Å². The summed E-state index contributed by atoms with van der Waals surface area (Å²) in [6.45, 7) is 6.86. The van der Waals surface area contributed by atoms with Crippen LogP contribution < -0.4 is 0 Å². The zero-order chi connectivity index (χ0) is 18.9. The number of halogens is 2. The van der Waals surface area contributed by atoms with Gasteiger partial charge in [0.1, 0.15) is 0 Å². The van der Waals surface area contributed by atoms with Crippen LogP contribution in [0.1, 0.15) is 44.3 Å². The van der Waals surface area contributed by atoms with Crippen molar-refractivity contribution < 1.29 is 14.2 Å². The van der Waals surface area contributed by atoms with Crippen LogP contribution in [0.2, 0.25) is 10.0 Å². The molecule has 0 aliphatic rings. The van der Waals surface area contributed by atoms with Gasteiger partial charge >= 0.3 is 0 Å². The van der Waals surface area contributed by atoms with Crippen molar-refractivity contribution in [1.29, 1.82) is 0 Å². The van der Waals surface area contributed by atoms with Gasteiger partial charge in [0.15, 0.2) is 25.2 Å². The second kappa shape index (κ2) is 7.37. The fourth-order valence-corrected chi connectivity index (χ4v) is 3.88. The Hall–Kier alpha value is -1.54. The number of carbonyl (C=O) groups excluding carboxylic acids is 2. The molecule has 0 aliphatic carbocycles. The first-order valence-corrected chi connectivity index (χ1v) is 9.16. The fourth-order valence-electron chi connectivity index (χ4n) is 2.93. The topological polar surface area (TPSA) is 51.2 Å². The van der Waals surface area contributed by atoms with Crippen LogP contribution in [0.5, 0.6) is 0 Å². The lowest BCUT2D eigenvalue weighted by atomic mass is 9.86. The third-order valence-corrected chi connectivity index (χ3v) is 5.56. The molecule has 0 aliphatic heterocycles. The van der Waals surface area contributed by atoms with Crippen LogP contribution in [-0.2, 0) is 4.57 Å². The van der Waals surface area contributed by atoms with Gasteiger partial charge in [0.25, 0.3) is 0 Å². The zero-order valence-electron chi connectivity index (χ0n) is 14.3. The summed E-state index contributed by atoms with van der Waals surface area (Å²) < 4.78 is 11.9. The predicted molar refractivity (Wildman–Crippen MR) is 102 cm³/mol. The molecule has 130 valence electrons. The van der Waals surface area contributed by atoms with E-state index in [1.165, 1.54) is 19.1 Å². The number of ketones is 2. The van der Waals surface area contributed by atoms with Crippen molar-refractivity contribution in [3.63, 3.8) is 0 Å². The largest absolute Gasteiger partial charge is 0.292 e. The Morgan fingerprint density at radius 1 is 0.920 bits per heavy atom. The molecule has 0 spiro atoms. The lowest BCUT2D eigenvalue weighted by Crippen LogP contribution is -2.39. The molecular formula is C19H17Cl2O3P. The summed E-state index contributed by atoms with van der Waals surface area (Å²) in [7, 11) is -0.610. The van der Waals surface area contributed by atoms with Crippen LogP contribution in [0.3, 0.4) is 0 Å². The Morgan fingerprint density at radius 2 is 1.36 bits per heavy atom. The molecule has 0 amide bonds. The maximum Gasteiger partial charge on any atom is 0.191 e. The van der Waals surface area contributed by atoms with Crippen LogP contribution in [0.25, 0.3) is 0 Å². The molecule has 0 saturated heterocycles. The molecule has 1 atom stereocenters. The van der Waals surface area contributed by atoms with E-state index in [0.29, 0.717) is 5.56 Å². The standard InChI is InChI=1S/C19H17Cl2O3P/c1-10-8-11(2)15(12(3)9-10)17(22)19(4,25-24)18(23)16-13(20)6-5-7-14(16)21/h5-9H,1-4H3. The second-order valence-electron chi connectivity index (χ2n) is 6.19. The Morgan fingerprint density at radius 3 is 1.80 bits per heavy atom. The minimum absolute atomic E-state index is 0.00690. The Labute approximate surface area is 158 Å². The molecule has 0 N–H and O–H groups in total. The third kappa shape index (κ3) is 3.55. The molecule has 2 aromatic rings. The highest BCUT2D eigenvalue weighted by atomic mass is 35.5. The van der Waals surface area contributed by atoms with Gasteiger partial charge in [0.05, 0.1) is 15.6 Å². The predicted octanol–water partition coefficient (Wildman–Crippen LogP) is 6.03. The SMILES string of the molecule is Cc1cc(C)c(C(=O)C(C)(P=O)C(=O)c2c(Cl)cccc2Cl)c(C)c1. The Balaban J connectivity index is 2.63. The molecule has 0 radical (unpaired) electrons. The van der Waals surface area contributed by atoms with Crippen LogP contribution in [-0.4, -0.2) is 16.7 Å². The highest BCUT2D eigenvalue weighted by Gasteiger charge is 2.45. The van der Waals surface area contributed by atoms with Crippen molar-refractivity contribution in [2.45, 2.75) is 32.9 Å². The Bertz CT molecular complexity index is 849. The minimum atomic E-state index is -1.81. The molecule has 1 unspecified atom stereocenters. The maximum absolute atomic E-state index is 13.2. The molecule has 0 aromatic heterocycles. The van der Waals surface area contributed by atoms with E-state index in [2.05, 4.69) is 0 Å². The van der Waals surface area contributed by atoms with Crippen molar-refractivity contribution in [2.24, 2.45) is 0 Å². The highest BCUT2D eigenvalue weighted by molar-refractivity contribution is 7.30. The van der Waals surface area contributed by atoms with E-state index in [0.717, 1.165) is 16.7 Å². The van der Waals surface area contributed by atoms with Crippen molar-refractivity contribution in [2.75, 3.05) is 0 Å². The molecule has 0 bridgehead atoms. The maximum atomic E-state index is 13.2. The first-order chi connectivity index (χ1) is 11.6. The van der Waals surface area contributed by atoms with Crippen LogP contribution >= 0.6 is 31.7 Å². The number of rotatable bonds is 5. The van der Waals surface area contributed by atoms with E-state index in [1.807, 2.05) is 19.1 Å². The van der Waals surface area contributed by atoms with Gasteiger partial charge in [-0.3, -0.25) is 14.2 Å². The molecule has 3 nitrogen and oxygen atoms in total. The number of Topliss-reactive ketones (excluding diaryl/α,β-unsaturated/α-hetero) is 2. The molecule has 0 saturated carbocycles.